The number of carbonyl (C=O) groups excluding carboxylic acids is 1. The SMILES string of the molecule is COc1cccc(C(=O)CC2=CCCCC2)c1. The first kappa shape index (κ1) is 11.9. The van der Waals surface area contributed by atoms with Gasteiger partial charge in [0, 0.05) is 12.0 Å². The second kappa shape index (κ2) is 5.67. The zero-order valence-electron chi connectivity index (χ0n) is 10.2. The van der Waals surface area contributed by atoms with E-state index >= 15 is 0 Å². The number of carbonyl (C=O) groups is 1. The van der Waals surface area contributed by atoms with Gasteiger partial charge in [-0.2, -0.15) is 0 Å². The number of allylic oxidation sites excluding steroid dienone is 2. The monoisotopic (exact) mass is 230 g/mol. The van der Waals surface area contributed by atoms with Crippen molar-refractivity contribution in [3.63, 3.8) is 0 Å². The molecule has 0 amide bonds. The van der Waals surface area contributed by atoms with Crippen molar-refractivity contribution < 1.29 is 9.53 Å². The van der Waals surface area contributed by atoms with Crippen LogP contribution in [0.3, 0.4) is 0 Å². The molecule has 2 rings (SSSR count). The first-order valence-electron chi connectivity index (χ1n) is 6.15. The molecule has 2 nitrogen and oxygen atoms in total. The number of methoxy groups -OCH3 is 1. The van der Waals surface area contributed by atoms with E-state index in [1.807, 2.05) is 24.3 Å². The third-order valence-corrected chi connectivity index (χ3v) is 3.16. The summed E-state index contributed by atoms with van der Waals surface area (Å²) in [6.07, 6.45) is 7.47. The van der Waals surface area contributed by atoms with E-state index in [9.17, 15) is 4.79 Å². The molecule has 0 saturated carbocycles. The van der Waals surface area contributed by atoms with Crippen molar-refractivity contribution in [1.29, 1.82) is 0 Å². The Bertz CT molecular complexity index is 432. The van der Waals surface area contributed by atoms with E-state index < -0.39 is 0 Å². The van der Waals surface area contributed by atoms with Crippen LogP contribution in [-0.2, 0) is 0 Å². The molecule has 1 aliphatic carbocycles. The molecule has 0 saturated heterocycles. The highest BCUT2D eigenvalue weighted by molar-refractivity contribution is 5.97. The Labute approximate surface area is 102 Å². The molecule has 0 fully saturated rings. The van der Waals surface area contributed by atoms with Crippen molar-refractivity contribution in [3.8, 4) is 5.75 Å². The number of rotatable bonds is 4. The summed E-state index contributed by atoms with van der Waals surface area (Å²) < 4.78 is 5.13. The van der Waals surface area contributed by atoms with Crippen LogP contribution in [0.1, 0.15) is 42.5 Å². The lowest BCUT2D eigenvalue weighted by Crippen LogP contribution is -2.03. The number of ketones is 1. The minimum atomic E-state index is 0.192. The number of hydrogen-bond acceptors (Lipinski definition) is 2. The van der Waals surface area contributed by atoms with Gasteiger partial charge in [0.1, 0.15) is 5.75 Å². The summed E-state index contributed by atoms with van der Waals surface area (Å²) in [5.41, 5.74) is 2.04. The van der Waals surface area contributed by atoms with Crippen molar-refractivity contribution >= 4 is 5.78 Å². The maximum Gasteiger partial charge on any atom is 0.167 e. The van der Waals surface area contributed by atoms with Crippen LogP contribution >= 0.6 is 0 Å². The van der Waals surface area contributed by atoms with Gasteiger partial charge in [-0.1, -0.05) is 23.8 Å². The van der Waals surface area contributed by atoms with Gasteiger partial charge in [-0.25, -0.2) is 0 Å². The van der Waals surface area contributed by atoms with Crippen LogP contribution in [0.15, 0.2) is 35.9 Å². The maximum absolute atomic E-state index is 12.1. The highest BCUT2D eigenvalue weighted by Crippen LogP contribution is 2.22. The highest BCUT2D eigenvalue weighted by Gasteiger charge is 2.11. The lowest BCUT2D eigenvalue weighted by molar-refractivity contribution is 0.0991. The first-order valence-corrected chi connectivity index (χ1v) is 6.15. The van der Waals surface area contributed by atoms with Crippen LogP contribution in [0.25, 0.3) is 0 Å². The van der Waals surface area contributed by atoms with Gasteiger partial charge in [0.25, 0.3) is 0 Å². The van der Waals surface area contributed by atoms with Crippen LogP contribution in [0, 0.1) is 0 Å². The van der Waals surface area contributed by atoms with Crippen molar-refractivity contribution in [2.45, 2.75) is 32.1 Å². The number of Topliss-reactive ketones (excluding diaryl/α,β-unsaturated/α-hetero) is 1. The molecule has 17 heavy (non-hydrogen) atoms. The third-order valence-electron chi connectivity index (χ3n) is 3.16. The molecule has 2 heteroatoms. The number of hydrogen-bond donors (Lipinski definition) is 0. The van der Waals surface area contributed by atoms with Crippen molar-refractivity contribution in [3.05, 3.63) is 41.5 Å². The van der Waals surface area contributed by atoms with Gasteiger partial charge in [0.05, 0.1) is 7.11 Å². The van der Waals surface area contributed by atoms with Gasteiger partial charge in [-0.05, 0) is 37.8 Å². The summed E-state index contributed by atoms with van der Waals surface area (Å²) in [4.78, 5) is 12.1. The summed E-state index contributed by atoms with van der Waals surface area (Å²) in [6.45, 7) is 0. The molecule has 0 spiro atoms. The Morgan fingerprint density at radius 2 is 2.24 bits per heavy atom. The maximum atomic E-state index is 12.1. The largest absolute Gasteiger partial charge is 0.497 e. The van der Waals surface area contributed by atoms with E-state index in [-0.39, 0.29) is 5.78 Å². The second-order valence-electron chi connectivity index (χ2n) is 4.44. The predicted molar refractivity (Wildman–Crippen MR) is 68.5 cm³/mol. The van der Waals surface area contributed by atoms with Gasteiger partial charge < -0.3 is 4.74 Å². The van der Waals surface area contributed by atoms with Gasteiger partial charge in [0.15, 0.2) is 5.78 Å². The zero-order chi connectivity index (χ0) is 12.1. The van der Waals surface area contributed by atoms with Gasteiger partial charge in [0.2, 0.25) is 0 Å². The lowest BCUT2D eigenvalue weighted by atomic mass is 9.94. The minimum absolute atomic E-state index is 0.192. The van der Waals surface area contributed by atoms with Gasteiger partial charge in [-0.15, -0.1) is 0 Å². The van der Waals surface area contributed by atoms with Crippen molar-refractivity contribution in [2.24, 2.45) is 0 Å². The fraction of sp³-hybridized carbons (Fsp3) is 0.400. The molecule has 1 aliphatic rings. The summed E-state index contributed by atoms with van der Waals surface area (Å²) in [6, 6.07) is 7.39. The van der Waals surface area contributed by atoms with Crippen molar-refractivity contribution in [2.75, 3.05) is 7.11 Å². The average Bonchev–Trinajstić information content (AvgIpc) is 2.40. The quantitative estimate of drug-likeness (QED) is 0.581. The smallest absolute Gasteiger partial charge is 0.167 e. The van der Waals surface area contributed by atoms with Crippen LogP contribution in [0.2, 0.25) is 0 Å². The van der Waals surface area contributed by atoms with Crippen LogP contribution < -0.4 is 4.74 Å². The molecule has 0 bridgehead atoms. The molecule has 90 valence electrons. The summed E-state index contributed by atoms with van der Waals surface area (Å²) in [5.74, 6) is 0.936. The van der Waals surface area contributed by atoms with E-state index in [4.69, 9.17) is 4.74 Å². The standard InChI is InChI=1S/C15H18O2/c1-17-14-9-5-8-13(11-14)15(16)10-12-6-3-2-4-7-12/h5-6,8-9,11H,2-4,7,10H2,1H3. The fourth-order valence-electron chi connectivity index (χ4n) is 2.17. The van der Waals surface area contributed by atoms with Crippen LogP contribution in [0.4, 0.5) is 0 Å². The van der Waals surface area contributed by atoms with E-state index in [0.29, 0.717) is 6.42 Å². The summed E-state index contributed by atoms with van der Waals surface area (Å²) in [5, 5.41) is 0. The van der Waals surface area contributed by atoms with E-state index in [2.05, 4.69) is 6.08 Å². The summed E-state index contributed by atoms with van der Waals surface area (Å²) in [7, 11) is 1.62. The molecule has 1 aromatic rings. The first-order chi connectivity index (χ1) is 8.29. The van der Waals surface area contributed by atoms with Crippen LogP contribution in [0.5, 0.6) is 5.75 Å². The molecule has 1 aromatic carbocycles. The Morgan fingerprint density at radius 3 is 2.94 bits per heavy atom. The lowest BCUT2D eigenvalue weighted by Gasteiger charge is -2.12. The molecule has 0 aliphatic heterocycles. The molecule has 0 N–H and O–H groups in total. The zero-order valence-corrected chi connectivity index (χ0v) is 10.2. The Kier molecular flexibility index (Phi) is 3.97. The summed E-state index contributed by atoms with van der Waals surface area (Å²) >= 11 is 0. The van der Waals surface area contributed by atoms with Gasteiger partial charge >= 0.3 is 0 Å². The normalized spacial score (nSPS) is 15.2. The Morgan fingerprint density at radius 1 is 1.35 bits per heavy atom. The van der Waals surface area contributed by atoms with Crippen molar-refractivity contribution in [1.82, 2.24) is 0 Å². The molecule has 0 atom stereocenters. The highest BCUT2D eigenvalue weighted by atomic mass is 16.5. The molecular formula is C15H18O2. The fourth-order valence-corrected chi connectivity index (χ4v) is 2.17. The van der Waals surface area contributed by atoms with Crippen LogP contribution in [-0.4, -0.2) is 12.9 Å². The van der Waals surface area contributed by atoms with E-state index in [1.54, 1.807) is 7.11 Å². The second-order valence-corrected chi connectivity index (χ2v) is 4.44. The molecule has 0 unspecified atom stereocenters. The molecule has 0 aromatic heterocycles. The van der Waals surface area contributed by atoms with E-state index in [0.717, 1.165) is 24.2 Å². The Balaban J connectivity index is 2.05. The van der Waals surface area contributed by atoms with Gasteiger partial charge in [-0.3, -0.25) is 4.79 Å². The predicted octanol–water partition coefficient (Wildman–Crippen LogP) is 3.77. The molecule has 0 radical (unpaired) electrons. The third kappa shape index (κ3) is 3.19. The topological polar surface area (TPSA) is 26.3 Å². The van der Waals surface area contributed by atoms with E-state index in [1.165, 1.54) is 18.4 Å². The number of ether oxygens (including phenoxy) is 1. The Hall–Kier alpha value is -1.57. The molecule has 0 heterocycles. The average molecular weight is 230 g/mol. The minimum Gasteiger partial charge on any atom is -0.497 e. The number of benzene rings is 1. The molecular weight excluding hydrogens is 212 g/mol.